The zero-order valence-electron chi connectivity index (χ0n) is 8.60. The first-order chi connectivity index (χ1) is 8.41. The van der Waals surface area contributed by atoms with Gasteiger partial charge in [0.1, 0.15) is 5.58 Å². The summed E-state index contributed by atoms with van der Waals surface area (Å²) in [7, 11) is 0. The Morgan fingerprint density at radius 1 is 1.28 bits per heavy atom. The van der Waals surface area contributed by atoms with Gasteiger partial charge in [0, 0.05) is 22.1 Å². The molecule has 5 nitrogen and oxygen atoms in total. The molecule has 0 saturated heterocycles. The fourth-order valence-corrected chi connectivity index (χ4v) is 1.50. The minimum Gasteiger partial charge on any atom is -0.423 e. The van der Waals surface area contributed by atoms with Gasteiger partial charge < -0.3 is 4.42 Å². The zero-order chi connectivity index (χ0) is 13.3. The zero-order valence-corrected chi connectivity index (χ0v) is 8.60. The van der Waals surface area contributed by atoms with Crippen molar-refractivity contribution in [2.75, 3.05) is 0 Å². The van der Waals surface area contributed by atoms with Crippen LogP contribution in [0.1, 0.15) is 5.56 Å². The third kappa shape index (κ3) is 2.14. The molecular weight excluding hydrogens is 251 g/mol. The highest BCUT2D eigenvalue weighted by Gasteiger charge is 2.33. The summed E-state index contributed by atoms with van der Waals surface area (Å²) in [6.45, 7) is 0. The number of nitrogens with zero attached hydrogens (tertiary/aromatic N) is 3. The number of halogens is 3. The van der Waals surface area contributed by atoms with Gasteiger partial charge in [0.25, 0.3) is 0 Å². The summed E-state index contributed by atoms with van der Waals surface area (Å²) < 4.78 is 42.7. The molecule has 1 aromatic carbocycles. The van der Waals surface area contributed by atoms with E-state index in [-0.39, 0.29) is 16.7 Å². The van der Waals surface area contributed by atoms with Gasteiger partial charge in [-0.25, -0.2) is 4.79 Å². The summed E-state index contributed by atoms with van der Waals surface area (Å²) in [5.41, 5.74) is 5.80. The van der Waals surface area contributed by atoms with E-state index >= 15 is 0 Å². The quantitative estimate of drug-likeness (QED) is 0.336. The Labute approximate surface area is 97.1 Å². The van der Waals surface area contributed by atoms with Gasteiger partial charge in [0.05, 0.1) is 5.56 Å². The van der Waals surface area contributed by atoms with E-state index in [1.165, 1.54) is 6.07 Å². The largest absolute Gasteiger partial charge is 0.423 e. The van der Waals surface area contributed by atoms with Crippen LogP contribution in [0.4, 0.5) is 18.9 Å². The van der Waals surface area contributed by atoms with E-state index in [4.69, 9.17) is 5.53 Å². The second-order valence-corrected chi connectivity index (χ2v) is 3.35. The van der Waals surface area contributed by atoms with Crippen LogP contribution in [0.15, 0.2) is 38.6 Å². The molecule has 18 heavy (non-hydrogen) atoms. The molecule has 92 valence electrons. The number of rotatable bonds is 1. The summed E-state index contributed by atoms with van der Waals surface area (Å²) in [5.74, 6) is 0. The van der Waals surface area contributed by atoms with Gasteiger partial charge in [-0.05, 0) is 11.6 Å². The molecule has 0 aliphatic rings. The van der Waals surface area contributed by atoms with Crippen LogP contribution < -0.4 is 5.63 Å². The van der Waals surface area contributed by atoms with Gasteiger partial charge in [-0.15, -0.1) is 0 Å². The first-order valence-electron chi connectivity index (χ1n) is 4.62. The topological polar surface area (TPSA) is 79.0 Å². The van der Waals surface area contributed by atoms with Crippen molar-refractivity contribution in [3.63, 3.8) is 0 Å². The second kappa shape index (κ2) is 4.08. The summed E-state index contributed by atoms with van der Waals surface area (Å²) >= 11 is 0. The van der Waals surface area contributed by atoms with Crippen LogP contribution >= 0.6 is 0 Å². The number of alkyl halides is 3. The Bertz CT molecular complexity index is 714. The molecule has 0 aliphatic carbocycles. The highest BCUT2D eigenvalue weighted by molar-refractivity contribution is 5.83. The molecule has 0 bridgehead atoms. The Kier molecular flexibility index (Phi) is 2.72. The predicted molar refractivity (Wildman–Crippen MR) is 56.3 cm³/mol. The van der Waals surface area contributed by atoms with Gasteiger partial charge in [0.15, 0.2) is 0 Å². The SMILES string of the molecule is [N-]=[N+]=Nc1ccc2c(C(F)(F)F)cc(=O)oc2c1. The molecule has 0 amide bonds. The minimum absolute atomic E-state index is 0.0625. The molecule has 0 fully saturated rings. The van der Waals surface area contributed by atoms with Crippen molar-refractivity contribution in [1.82, 2.24) is 0 Å². The lowest BCUT2D eigenvalue weighted by atomic mass is 10.1. The maximum atomic E-state index is 12.7. The van der Waals surface area contributed by atoms with Gasteiger partial charge in [-0.2, -0.15) is 13.2 Å². The maximum Gasteiger partial charge on any atom is 0.417 e. The average Bonchev–Trinajstić information content (AvgIpc) is 2.26. The molecule has 1 aromatic heterocycles. The Morgan fingerprint density at radius 3 is 2.61 bits per heavy atom. The molecule has 0 saturated carbocycles. The Morgan fingerprint density at radius 2 is 2.00 bits per heavy atom. The van der Waals surface area contributed by atoms with E-state index in [0.717, 1.165) is 12.1 Å². The molecule has 8 heteroatoms. The van der Waals surface area contributed by atoms with Gasteiger partial charge in [0.2, 0.25) is 0 Å². The molecule has 2 aromatic rings. The first kappa shape index (κ1) is 12.0. The number of hydrogen-bond donors (Lipinski definition) is 0. The van der Waals surface area contributed by atoms with Crippen molar-refractivity contribution < 1.29 is 17.6 Å². The van der Waals surface area contributed by atoms with E-state index in [9.17, 15) is 18.0 Å². The normalized spacial score (nSPS) is 11.3. The van der Waals surface area contributed by atoms with Crippen molar-refractivity contribution in [3.05, 3.63) is 50.7 Å². The average molecular weight is 255 g/mol. The monoisotopic (exact) mass is 255 g/mol. The lowest BCUT2D eigenvalue weighted by Gasteiger charge is -2.08. The van der Waals surface area contributed by atoms with E-state index in [2.05, 4.69) is 14.4 Å². The van der Waals surface area contributed by atoms with Crippen molar-refractivity contribution in [2.24, 2.45) is 5.11 Å². The molecule has 2 rings (SSSR count). The Balaban J connectivity index is 2.83. The minimum atomic E-state index is -4.66. The lowest BCUT2D eigenvalue weighted by Crippen LogP contribution is -2.10. The van der Waals surface area contributed by atoms with Crippen molar-refractivity contribution in [2.45, 2.75) is 6.18 Å². The standard InChI is InChI=1S/C10H4F3N3O2/c11-10(12,13)7-4-9(17)18-8-3-5(15-16-14)1-2-6(7)8/h1-4H. The van der Waals surface area contributed by atoms with E-state index in [1.807, 2.05) is 0 Å². The molecule has 1 heterocycles. The molecule has 0 unspecified atom stereocenters. The lowest BCUT2D eigenvalue weighted by molar-refractivity contribution is -0.136. The molecular formula is C10H4F3N3O2. The fraction of sp³-hybridized carbons (Fsp3) is 0.100. The van der Waals surface area contributed by atoms with Crippen LogP contribution in [0.3, 0.4) is 0 Å². The molecule has 0 N–H and O–H groups in total. The molecule has 0 atom stereocenters. The maximum absolute atomic E-state index is 12.7. The van der Waals surface area contributed by atoms with Crippen LogP contribution in [0.5, 0.6) is 0 Å². The van der Waals surface area contributed by atoms with E-state index in [0.29, 0.717) is 6.07 Å². The third-order valence-electron chi connectivity index (χ3n) is 2.19. The fourth-order valence-electron chi connectivity index (χ4n) is 1.50. The second-order valence-electron chi connectivity index (χ2n) is 3.35. The van der Waals surface area contributed by atoms with E-state index in [1.54, 1.807) is 0 Å². The van der Waals surface area contributed by atoms with Crippen molar-refractivity contribution in [3.8, 4) is 0 Å². The Hall–Kier alpha value is -2.47. The van der Waals surface area contributed by atoms with Crippen LogP contribution in [0, 0.1) is 0 Å². The van der Waals surface area contributed by atoms with Crippen molar-refractivity contribution in [1.29, 1.82) is 0 Å². The number of hydrogen-bond acceptors (Lipinski definition) is 3. The molecule has 0 radical (unpaired) electrons. The number of benzene rings is 1. The molecule has 0 aliphatic heterocycles. The highest BCUT2D eigenvalue weighted by atomic mass is 19.4. The van der Waals surface area contributed by atoms with Crippen LogP contribution in [0.2, 0.25) is 0 Å². The van der Waals surface area contributed by atoms with Crippen molar-refractivity contribution >= 4 is 16.7 Å². The van der Waals surface area contributed by atoms with Crippen LogP contribution in [-0.4, -0.2) is 0 Å². The summed E-state index contributed by atoms with van der Waals surface area (Å²) in [6.07, 6.45) is -4.66. The van der Waals surface area contributed by atoms with E-state index < -0.39 is 17.4 Å². The summed E-state index contributed by atoms with van der Waals surface area (Å²) in [5, 5.41) is 2.95. The molecule has 0 spiro atoms. The number of fused-ring (bicyclic) bond motifs is 1. The third-order valence-corrected chi connectivity index (χ3v) is 2.19. The summed E-state index contributed by atoms with van der Waals surface area (Å²) in [6, 6.07) is 3.75. The van der Waals surface area contributed by atoms with Gasteiger partial charge >= 0.3 is 11.8 Å². The number of azide groups is 1. The smallest absolute Gasteiger partial charge is 0.417 e. The summed E-state index contributed by atoms with van der Waals surface area (Å²) in [4.78, 5) is 13.5. The van der Waals surface area contributed by atoms with Crippen LogP contribution in [-0.2, 0) is 6.18 Å². The highest BCUT2D eigenvalue weighted by Crippen LogP contribution is 2.34. The van der Waals surface area contributed by atoms with Crippen LogP contribution in [0.25, 0.3) is 21.4 Å². The first-order valence-corrected chi connectivity index (χ1v) is 4.62. The van der Waals surface area contributed by atoms with Gasteiger partial charge in [-0.3, -0.25) is 0 Å². The van der Waals surface area contributed by atoms with Gasteiger partial charge in [-0.1, -0.05) is 17.2 Å². The predicted octanol–water partition coefficient (Wildman–Crippen LogP) is 3.75.